The monoisotopic (exact) mass is 678 g/mol. The fourth-order valence-corrected chi connectivity index (χ4v) is 8.03. The Kier molecular flexibility index (Phi) is 6.48. The van der Waals surface area contributed by atoms with E-state index in [0.717, 1.165) is 55.8 Å². The first-order valence-corrected chi connectivity index (χ1v) is 17.8. The van der Waals surface area contributed by atoms with Gasteiger partial charge in [-0.15, -0.1) is 0 Å². The number of pyridine rings is 1. The number of aromatic nitrogens is 4. The zero-order valence-corrected chi connectivity index (χ0v) is 28.5. The van der Waals surface area contributed by atoms with Gasteiger partial charge in [-0.2, -0.15) is 0 Å². The number of fused-ring (bicyclic) bond motifs is 7. The highest BCUT2D eigenvalue weighted by atomic mass is 16.3. The van der Waals surface area contributed by atoms with E-state index in [0.29, 0.717) is 5.89 Å². The molecule has 0 aliphatic carbocycles. The molecular formula is C48H30N4O. The van der Waals surface area contributed by atoms with Crippen LogP contribution in [0.25, 0.3) is 99.8 Å². The summed E-state index contributed by atoms with van der Waals surface area (Å²) < 4.78 is 11.3. The zero-order valence-electron chi connectivity index (χ0n) is 28.5. The highest BCUT2D eigenvalue weighted by molar-refractivity contribution is 6.12. The van der Waals surface area contributed by atoms with Crippen molar-refractivity contribution in [2.45, 2.75) is 0 Å². The summed E-state index contributed by atoms with van der Waals surface area (Å²) in [5.41, 5.74) is 13.6. The Morgan fingerprint density at radius 2 is 0.981 bits per heavy atom. The maximum absolute atomic E-state index is 6.56. The summed E-state index contributed by atoms with van der Waals surface area (Å²) in [4.78, 5) is 9.44. The van der Waals surface area contributed by atoms with Crippen LogP contribution in [-0.2, 0) is 0 Å². The second-order valence-corrected chi connectivity index (χ2v) is 13.5. The third-order valence-electron chi connectivity index (χ3n) is 10.4. The Morgan fingerprint density at radius 3 is 1.60 bits per heavy atom. The van der Waals surface area contributed by atoms with Crippen LogP contribution >= 0.6 is 0 Å². The van der Waals surface area contributed by atoms with Gasteiger partial charge in [-0.25, -0.2) is 4.98 Å². The van der Waals surface area contributed by atoms with Gasteiger partial charge in [-0.05, 0) is 102 Å². The van der Waals surface area contributed by atoms with Crippen LogP contribution in [0, 0.1) is 0 Å². The molecule has 5 heteroatoms. The Balaban J connectivity index is 1.15. The molecule has 11 rings (SSSR count). The van der Waals surface area contributed by atoms with Gasteiger partial charge in [0.15, 0.2) is 5.58 Å². The van der Waals surface area contributed by atoms with E-state index in [-0.39, 0.29) is 0 Å². The van der Waals surface area contributed by atoms with E-state index in [2.05, 4.69) is 172 Å². The molecule has 0 bridgehead atoms. The largest absolute Gasteiger partial charge is 0.436 e. The van der Waals surface area contributed by atoms with E-state index < -0.39 is 0 Å². The van der Waals surface area contributed by atoms with Crippen LogP contribution in [0.3, 0.4) is 0 Å². The van der Waals surface area contributed by atoms with Crippen LogP contribution in [0.15, 0.2) is 187 Å². The minimum Gasteiger partial charge on any atom is -0.436 e. The fourth-order valence-electron chi connectivity index (χ4n) is 8.03. The molecule has 4 aromatic heterocycles. The van der Waals surface area contributed by atoms with Gasteiger partial charge in [-0.3, -0.25) is 4.98 Å². The Morgan fingerprint density at radius 1 is 0.415 bits per heavy atom. The van der Waals surface area contributed by atoms with Gasteiger partial charge in [0.05, 0.1) is 27.6 Å². The molecule has 0 spiro atoms. The summed E-state index contributed by atoms with van der Waals surface area (Å²) in [7, 11) is 0. The quantitative estimate of drug-likeness (QED) is 0.182. The Bertz CT molecular complexity index is 3160. The van der Waals surface area contributed by atoms with Crippen molar-refractivity contribution in [3.05, 3.63) is 182 Å². The van der Waals surface area contributed by atoms with Crippen LogP contribution in [0.4, 0.5) is 0 Å². The number of nitrogens with zero attached hydrogens (tertiary/aromatic N) is 4. The number of oxazole rings is 1. The van der Waals surface area contributed by atoms with E-state index in [1.165, 1.54) is 38.1 Å². The van der Waals surface area contributed by atoms with Crippen LogP contribution in [-0.4, -0.2) is 19.1 Å². The molecule has 0 saturated heterocycles. The molecule has 5 nitrogen and oxygen atoms in total. The molecule has 0 radical (unpaired) electrons. The predicted octanol–water partition coefficient (Wildman–Crippen LogP) is 12.4. The van der Waals surface area contributed by atoms with E-state index in [4.69, 9.17) is 9.40 Å². The van der Waals surface area contributed by atoms with Crippen molar-refractivity contribution < 1.29 is 4.42 Å². The van der Waals surface area contributed by atoms with E-state index in [1.54, 1.807) is 12.4 Å². The highest BCUT2D eigenvalue weighted by Crippen LogP contribution is 2.41. The van der Waals surface area contributed by atoms with Crippen molar-refractivity contribution in [2.75, 3.05) is 0 Å². The molecule has 248 valence electrons. The number of rotatable bonds is 5. The van der Waals surface area contributed by atoms with Gasteiger partial charge < -0.3 is 13.6 Å². The molecule has 4 heterocycles. The number of hydrogen-bond acceptors (Lipinski definition) is 3. The Labute approximate surface area is 304 Å². The number of para-hydroxylation sites is 4. The molecule has 0 saturated carbocycles. The Hall–Kier alpha value is -7.24. The maximum atomic E-state index is 6.56. The molecule has 0 fully saturated rings. The third-order valence-corrected chi connectivity index (χ3v) is 10.4. The molecule has 7 aromatic carbocycles. The lowest BCUT2D eigenvalue weighted by Gasteiger charge is -2.10. The van der Waals surface area contributed by atoms with Crippen molar-refractivity contribution in [1.29, 1.82) is 0 Å². The van der Waals surface area contributed by atoms with Gasteiger partial charge in [-0.1, -0.05) is 84.9 Å². The summed E-state index contributed by atoms with van der Waals surface area (Å²) >= 11 is 0. The fraction of sp³-hybridized carbons (Fsp3) is 0. The third kappa shape index (κ3) is 4.64. The summed E-state index contributed by atoms with van der Waals surface area (Å²) in [6, 6.07) is 60.3. The van der Waals surface area contributed by atoms with Crippen molar-refractivity contribution in [1.82, 2.24) is 19.1 Å². The summed E-state index contributed by atoms with van der Waals surface area (Å²) in [5, 5.41) is 4.81. The first-order chi connectivity index (χ1) is 26.3. The molecule has 0 aliphatic rings. The normalized spacial score (nSPS) is 11.8. The van der Waals surface area contributed by atoms with Gasteiger partial charge in [0.25, 0.3) is 0 Å². The molecule has 53 heavy (non-hydrogen) atoms. The van der Waals surface area contributed by atoms with Crippen LogP contribution < -0.4 is 0 Å². The first-order valence-electron chi connectivity index (χ1n) is 17.8. The average Bonchev–Trinajstić information content (AvgIpc) is 3.91. The SMILES string of the molecule is c1ccc(-n2c3ccccc3c3cc(-c4cc(-c5ccc6c(c5)c5ccccc5n6-c5ccccc5)c5nc(-c6cccnc6)oc5c4)ccc32)cc1. The van der Waals surface area contributed by atoms with E-state index in [1.807, 2.05) is 12.1 Å². The van der Waals surface area contributed by atoms with Gasteiger partial charge in [0.2, 0.25) is 5.89 Å². The zero-order chi connectivity index (χ0) is 34.9. The van der Waals surface area contributed by atoms with Crippen LogP contribution in [0.5, 0.6) is 0 Å². The molecule has 0 unspecified atom stereocenters. The standard InChI is InChI=1S/C48H30N4O/c1-3-13-35(14-4-1)51-42-19-9-7-17-37(42)40-26-31(21-23-44(40)51)34-28-39(47-46(29-34)53-48(50-47)33-12-11-25-49-30-33)32-22-24-45-41(27-32)38-18-8-10-20-43(38)52(45)36-15-5-2-6-16-36/h1-30H. The molecule has 0 atom stereocenters. The second kappa shape index (κ2) is 11.7. The van der Waals surface area contributed by atoms with Gasteiger partial charge >= 0.3 is 0 Å². The maximum Gasteiger partial charge on any atom is 0.228 e. The smallest absolute Gasteiger partial charge is 0.228 e. The lowest BCUT2D eigenvalue weighted by atomic mass is 9.96. The van der Waals surface area contributed by atoms with Crippen molar-refractivity contribution in [3.8, 4) is 45.1 Å². The average molecular weight is 679 g/mol. The summed E-state index contributed by atoms with van der Waals surface area (Å²) in [6.45, 7) is 0. The van der Waals surface area contributed by atoms with E-state index in [9.17, 15) is 0 Å². The van der Waals surface area contributed by atoms with Gasteiger partial charge in [0.1, 0.15) is 5.52 Å². The topological polar surface area (TPSA) is 48.8 Å². The molecule has 0 N–H and O–H groups in total. The van der Waals surface area contributed by atoms with Crippen molar-refractivity contribution in [2.24, 2.45) is 0 Å². The summed E-state index contributed by atoms with van der Waals surface area (Å²) in [5.74, 6) is 0.551. The predicted molar refractivity (Wildman–Crippen MR) is 217 cm³/mol. The second-order valence-electron chi connectivity index (χ2n) is 13.5. The number of hydrogen-bond donors (Lipinski definition) is 0. The van der Waals surface area contributed by atoms with E-state index >= 15 is 0 Å². The minimum atomic E-state index is 0.551. The van der Waals surface area contributed by atoms with Crippen LogP contribution in [0.2, 0.25) is 0 Å². The molecule has 0 aliphatic heterocycles. The first kappa shape index (κ1) is 29.5. The highest BCUT2D eigenvalue weighted by Gasteiger charge is 2.20. The lowest BCUT2D eigenvalue weighted by Crippen LogP contribution is -1.93. The van der Waals surface area contributed by atoms with Crippen molar-refractivity contribution in [3.63, 3.8) is 0 Å². The van der Waals surface area contributed by atoms with Crippen molar-refractivity contribution >= 4 is 54.7 Å². The molecular weight excluding hydrogens is 649 g/mol. The van der Waals surface area contributed by atoms with Crippen LogP contribution in [0.1, 0.15) is 0 Å². The van der Waals surface area contributed by atoms with Gasteiger partial charge in [0, 0.05) is 50.9 Å². The molecule has 11 aromatic rings. The molecule has 0 amide bonds. The number of benzene rings is 7. The lowest BCUT2D eigenvalue weighted by molar-refractivity contribution is 0.619. The summed E-state index contributed by atoms with van der Waals surface area (Å²) in [6.07, 6.45) is 3.56. The minimum absolute atomic E-state index is 0.551.